The number of anilines is 1. The van der Waals surface area contributed by atoms with E-state index in [2.05, 4.69) is 5.01 Å². The Bertz CT molecular complexity index is 1030. The third-order valence-corrected chi connectivity index (χ3v) is 6.17. The number of nitro benzene ring substituents is 1. The van der Waals surface area contributed by atoms with Gasteiger partial charge in [0.1, 0.15) is 6.04 Å². The van der Waals surface area contributed by atoms with Gasteiger partial charge in [-0.2, -0.15) is 0 Å². The number of amides is 2. The SMILES string of the molecule is O=C1[C@H]2[C@@H](C(=O)N1c1cccc([N+](=O)[O-])c1)N1CCCN1[C@@H]2c1ccc(Cl)cc1. The minimum atomic E-state index is -0.593. The molecule has 3 heterocycles. The van der Waals surface area contributed by atoms with E-state index in [1.165, 1.54) is 18.2 Å². The molecule has 2 amide bonds. The number of hydrogen-bond acceptors (Lipinski definition) is 6. The maximum Gasteiger partial charge on any atom is 0.271 e. The van der Waals surface area contributed by atoms with E-state index in [0.29, 0.717) is 11.6 Å². The summed E-state index contributed by atoms with van der Waals surface area (Å²) in [5, 5.41) is 15.8. The van der Waals surface area contributed by atoms with Crippen LogP contribution in [0.3, 0.4) is 0 Å². The smallest absolute Gasteiger partial charge is 0.271 e. The minimum Gasteiger partial charge on any atom is -0.274 e. The summed E-state index contributed by atoms with van der Waals surface area (Å²) in [7, 11) is 0. The molecule has 3 atom stereocenters. The zero-order chi connectivity index (χ0) is 20.3. The fraction of sp³-hybridized carbons (Fsp3) is 0.300. The van der Waals surface area contributed by atoms with Gasteiger partial charge < -0.3 is 0 Å². The highest BCUT2D eigenvalue weighted by molar-refractivity contribution is 6.30. The molecule has 3 saturated heterocycles. The van der Waals surface area contributed by atoms with Crippen LogP contribution in [0.4, 0.5) is 11.4 Å². The molecule has 148 valence electrons. The summed E-state index contributed by atoms with van der Waals surface area (Å²) in [6.45, 7) is 1.48. The first kappa shape index (κ1) is 18.2. The molecule has 5 rings (SSSR count). The number of fused-ring (bicyclic) bond motifs is 3. The summed E-state index contributed by atoms with van der Waals surface area (Å²) in [6, 6.07) is 12.1. The van der Waals surface area contributed by atoms with E-state index < -0.39 is 16.9 Å². The summed E-state index contributed by atoms with van der Waals surface area (Å²) in [5.74, 6) is -1.22. The third-order valence-electron chi connectivity index (χ3n) is 5.92. The number of nitro groups is 1. The first-order valence-corrected chi connectivity index (χ1v) is 9.76. The number of rotatable bonds is 3. The number of hydrogen-bond donors (Lipinski definition) is 0. The second-order valence-electron chi connectivity index (χ2n) is 7.44. The van der Waals surface area contributed by atoms with Crippen LogP contribution < -0.4 is 4.90 Å². The van der Waals surface area contributed by atoms with Crippen molar-refractivity contribution in [1.82, 2.24) is 10.0 Å². The van der Waals surface area contributed by atoms with Gasteiger partial charge >= 0.3 is 0 Å². The Labute approximate surface area is 171 Å². The molecule has 8 nitrogen and oxygen atoms in total. The van der Waals surface area contributed by atoms with Crippen LogP contribution in [-0.2, 0) is 9.59 Å². The zero-order valence-electron chi connectivity index (χ0n) is 15.3. The lowest BCUT2D eigenvalue weighted by Gasteiger charge is -2.29. The van der Waals surface area contributed by atoms with Crippen molar-refractivity contribution in [2.24, 2.45) is 5.92 Å². The maximum atomic E-state index is 13.4. The highest BCUT2D eigenvalue weighted by Crippen LogP contribution is 2.49. The molecule has 0 spiro atoms. The molecular formula is C20H17ClN4O4. The first-order valence-electron chi connectivity index (χ1n) is 9.38. The lowest BCUT2D eigenvalue weighted by atomic mass is 9.90. The van der Waals surface area contributed by atoms with Crippen molar-refractivity contribution in [3.05, 3.63) is 69.2 Å². The first-order chi connectivity index (χ1) is 14.0. The highest BCUT2D eigenvalue weighted by atomic mass is 35.5. The van der Waals surface area contributed by atoms with Crippen LogP contribution >= 0.6 is 11.6 Å². The van der Waals surface area contributed by atoms with Crippen LogP contribution in [0.5, 0.6) is 0 Å². The molecule has 0 bridgehead atoms. The standard InChI is InChI=1S/C20H17ClN4O4/c21-13-7-5-12(6-8-13)17-16-18(23-10-2-9-22(17)23)20(27)24(19(16)26)14-3-1-4-15(11-14)25(28)29/h1,3-8,11,16-18H,2,9-10H2/t16-,17-,18+/m1/s1. The van der Waals surface area contributed by atoms with Gasteiger partial charge in [0, 0.05) is 30.2 Å². The molecule has 2 aromatic rings. The lowest BCUT2D eigenvalue weighted by molar-refractivity contribution is -0.384. The number of carbonyl (C=O) groups is 2. The van der Waals surface area contributed by atoms with Crippen molar-refractivity contribution in [2.45, 2.75) is 18.5 Å². The van der Waals surface area contributed by atoms with Crippen LogP contribution in [0.2, 0.25) is 5.02 Å². The van der Waals surface area contributed by atoms with E-state index in [4.69, 9.17) is 11.6 Å². The van der Waals surface area contributed by atoms with Gasteiger partial charge in [0.15, 0.2) is 0 Å². The molecule has 3 aliphatic rings. The van der Waals surface area contributed by atoms with Crippen LogP contribution in [0, 0.1) is 16.0 Å². The van der Waals surface area contributed by atoms with Crippen molar-refractivity contribution in [1.29, 1.82) is 0 Å². The number of hydrazine groups is 1. The van der Waals surface area contributed by atoms with Gasteiger partial charge in [0.05, 0.1) is 22.6 Å². The number of non-ortho nitro benzene ring substituents is 1. The Morgan fingerprint density at radius 3 is 2.34 bits per heavy atom. The third kappa shape index (κ3) is 2.67. The highest BCUT2D eigenvalue weighted by Gasteiger charge is 2.62. The number of imide groups is 1. The molecule has 0 aliphatic carbocycles. The number of nitrogens with zero attached hydrogens (tertiary/aromatic N) is 4. The van der Waals surface area contributed by atoms with Crippen LogP contribution in [0.25, 0.3) is 0 Å². The quantitative estimate of drug-likeness (QED) is 0.437. The van der Waals surface area contributed by atoms with Crippen molar-refractivity contribution in [3.63, 3.8) is 0 Å². The average molecular weight is 413 g/mol. The van der Waals surface area contributed by atoms with Crippen molar-refractivity contribution < 1.29 is 14.5 Å². The van der Waals surface area contributed by atoms with E-state index in [-0.39, 0.29) is 29.2 Å². The molecule has 3 aliphatic heterocycles. The van der Waals surface area contributed by atoms with Crippen LogP contribution in [0.1, 0.15) is 18.0 Å². The zero-order valence-corrected chi connectivity index (χ0v) is 16.0. The molecule has 9 heteroatoms. The molecule has 29 heavy (non-hydrogen) atoms. The molecular weight excluding hydrogens is 396 g/mol. The predicted octanol–water partition coefficient (Wildman–Crippen LogP) is 2.78. The van der Waals surface area contributed by atoms with Crippen LogP contribution in [-0.4, -0.2) is 45.9 Å². The predicted molar refractivity (Wildman–Crippen MR) is 105 cm³/mol. The average Bonchev–Trinajstić information content (AvgIpc) is 3.35. The van der Waals surface area contributed by atoms with Gasteiger partial charge in [0.25, 0.3) is 11.6 Å². The van der Waals surface area contributed by atoms with Crippen molar-refractivity contribution in [2.75, 3.05) is 18.0 Å². The second kappa shape index (κ2) is 6.62. The van der Waals surface area contributed by atoms with Crippen molar-refractivity contribution in [3.8, 4) is 0 Å². The van der Waals surface area contributed by atoms with Gasteiger partial charge in [-0.3, -0.25) is 19.7 Å². The summed E-state index contributed by atoms with van der Waals surface area (Å²) in [5.41, 5.74) is 1.01. The Balaban J connectivity index is 1.57. The topological polar surface area (TPSA) is 87.0 Å². The summed E-state index contributed by atoms with van der Waals surface area (Å²) in [4.78, 5) is 38.4. The van der Waals surface area contributed by atoms with Gasteiger partial charge in [-0.05, 0) is 30.2 Å². The second-order valence-corrected chi connectivity index (χ2v) is 7.87. The van der Waals surface area contributed by atoms with E-state index in [1.54, 1.807) is 18.2 Å². The van der Waals surface area contributed by atoms with Crippen molar-refractivity contribution >= 4 is 34.8 Å². The summed E-state index contributed by atoms with van der Waals surface area (Å²) < 4.78 is 0. The molecule has 0 unspecified atom stereocenters. The number of halogens is 1. The molecule has 0 saturated carbocycles. The normalized spacial score (nSPS) is 26.8. The Kier molecular flexibility index (Phi) is 4.16. The summed E-state index contributed by atoms with van der Waals surface area (Å²) in [6.07, 6.45) is 0.908. The van der Waals surface area contributed by atoms with E-state index in [0.717, 1.165) is 23.4 Å². The van der Waals surface area contributed by atoms with E-state index >= 15 is 0 Å². The van der Waals surface area contributed by atoms with E-state index in [9.17, 15) is 19.7 Å². The fourth-order valence-electron chi connectivity index (χ4n) is 4.77. The Morgan fingerprint density at radius 1 is 0.966 bits per heavy atom. The summed E-state index contributed by atoms with van der Waals surface area (Å²) >= 11 is 6.03. The molecule has 3 fully saturated rings. The van der Waals surface area contributed by atoms with Crippen LogP contribution in [0.15, 0.2) is 48.5 Å². The fourth-order valence-corrected chi connectivity index (χ4v) is 4.90. The molecule has 0 aromatic heterocycles. The lowest BCUT2D eigenvalue weighted by Crippen LogP contribution is -2.44. The Hall–Kier alpha value is -2.81. The monoisotopic (exact) mass is 412 g/mol. The minimum absolute atomic E-state index is 0.155. The molecule has 0 N–H and O–H groups in total. The number of benzene rings is 2. The number of carbonyl (C=O) groups excluding carboxylic acids is 2. The Morgan fingerprint density at radius 2 is 1.66 bits per heavy atom. The van der Waals surface area contributed by atoms with Gasteiger partial charge in [-0.1, -0.05) is 29.8 Å². The van der Waals surface area contributed by atoms with Gasteiger partial charge in [-0.25, -0.2) is 14.9 Å². The molecule has 0 radical (unpaired) electrons. The maximum absolute atomic E-state index is 13.4. The largest absolute Gasteiger partial charge is 0.274 e. The van der Waals surface area contributed by atoms with E-state index in [1.807, 2.05) is 17.1 Å². The van der Waals surface area contributed by atoms with Gasteiger partial charge in [-0.15, -0.1) is 0 Å². The van der Waals surface area contributed by atoms with Gasteiger partial charge in [0.2, 0.25) is 5.91 Å². The molecule has 2 aromatic carbocycles.